The number of aliphatic carboxylic acids is 1. The predicted molar refractivity (Wildman–Crippen MR) is 126 cm³/mol. The summed E-state index contributed by atoms with van der Waals surface area (Å²) >= 11 is 0. The van der Waals surface area contributed by atoms with Crippen molar-refractivity contribution in [1.29, 1.82) is 0 Å². The molecule has 0 aliphatic carbocycles. The highest BCUT2D eigenvalue weighted by Gasteiger charge is 2.15. The number of aryl methyl sites for hydroxylation is 1. The first-order valence-corrected chi connectivity index (χ1v) is 11.3. The SMILES string of the molecule is CC(C)Cn1cc(-c2ccc3c(=O)n(-c4ccc(F)cc4)c(CCCCC(=O)O)nc3c2)nn1. The Kier molecular flexibility index (Phi) is 6.81. The number of carboxylic acids is 1. The van der Waals surface area contributed by atoms with Crippen molar-refractivity contribution in [2.24, 2.45) is 5.92 Å². The maximum Gasteiger partial charge on any atom is 0.303 e. The predicted octanol–water partition coefficient (Wildman–Crippen LogP) is 4.24. The van der Waals surface area contributed by atoms with Crippen LogP contribution in [-0.2, 0) is 17.8 Å². The summed E-state index contributed by atoms with van der Waals surface area (Å²) in [5.74, 6) is -0.335. The monoisotopic (exact) mass is 463 g/mol. The van der Waals surface area contributed by atoms with Crippen LogP contribution in [0.5, 0.6) is 0 Å². The standard InChI is InChI=1S/C25H26FN5O3/c1-16(2)14-30-15-22(28-29-30)17-7-12-20-21(13-17)27-23(5-3-4-6-24(32)33)31(25(20)34)19-10-8-18(26)9-11-19/h7-13,15-16H,3-6,14H2,1-2H3,(H,32,33). The average molecular weight is 464 g/mol. The van der Waals surface area contributed by atoms with Crippen molar-refractivity contribution in [3.8, 4) is 16.9 Å². The minimum absolute atomic E-state index is 0.0462. The number of hydrogen-bond acceptors (Lipinski definition) is 5. The molecule has 0 bridgehead atoms. The number of fused-ring (bicyclic) bond motifs is 1. The zero-order chi connectivity index (χ0) is 24.2. The van der Waals surface area contributed by atoms with E-state index in [4.69, 9.17) is 10.1 Å². The molecule has 9 heteroatoms. The Labute approximate surface area is 195 Å². The first kappa shape index (κ1) is 23.3. The zero-order valence-electron chi connectivity index (χ0n) is 19.1. The summed E-state index contributed by atoms with van der Waals surface area (Å²) in [5, 5.41) is 17.8. The van der Waals surface area contributed by atoms with E-state index in [2.05, 4.69) is 24.2 Å². The minimum Gasteiger partial charge on any atom is -0.481 e. The van der Waals surface area contributed by atoms with E-state index in [-0.39, 0.29) is 12.0 Å². The topological polar surface area (TPSA) is 103 Å². The van der Waals surface area contributed by atoms with Crippen LogP contribution in [0.1, 0.15) is 38.9 Å². The molecular weight excluding hydrogens is 437 g/mol. The van der Waals surface area contributed by atoms with Crippen LogP contribution < -0.4 is 5.56 Å². The fourth-order valence-corrected chi connectivity index (χ4v) is 3.87. The molecule has 0 atom stereocenters. The zero-order valence-corrected chi connectivity index (χ0v) is 19.1. The maximum absolute atomic E-state index is 13.5. The molecule has 0 aliphatic rings. The number of aromatic nitrogens is 5. The van der Waals surface area contributed by atoms with Gasteiger partial charge in [0.1, 0.15) is 17.3 Å². The Bertz CT molecular complexity index is 1380. The van der Waals surface area contributed by atoms with Crippen molar-refractivity contribution >= 4 is 16.9 Å². The lowest BCUT2D eigenvalue weighted by Crippen LogP contribution is -2.24. The van der Waals surface area contributed by atoms with Gasteiger partial charge in [-0.3, -0.25) is 18.8 Å². The van der Waals surface area contributed by atoms with Crippen LogP contribution >= 0.6 is 0 Å². The number of benzene rings is 2. The third kappa shape index (κ3) is 5.19. The molecule has 0 amide bonds. The van der Waals surface area contributed by atoms with Crippen LogP contribution in [0, 0.1) is 11.7 Å². The van der Waals surface area contributed by atoms with Crippen molar-refractivity contribution in [2.75, 3.05) is 0 Å². The van der Waals surface area contributed by atoms with Gasteiger partial charge < -0.3 is 5.11 Å². The fraction of sp³-hybridized carbons (Fsp3) is 0.320. The molecule has 0 saturated heterocycles. The van der Waals surface area contributed by atoms with E-state index < -0.39 is 11.8 Å². The van der Waals surface area contributed by atoms with E-state index in [9.17, 15) is 14.0 Å². The Morgan fingerprint density at radius 1 is 1.12 bits per heavy atom. The number of unbranched alkanes of at least 4 members (excludes halogenated alkanes) is 1. The second-order valence-corrected chi connectivity index (χ2v) is 8.70. The van der Waals surface area contributed by atoms with Crippen LogP contribution in [-0.4, -0.2) is 35.6 Å². The summed E-state index contributed by atoms with van der Waals surface area (Å²) in [5.41, 5.74) is 2.25. The van der Waals surface area contributed by atoms with Gasteiger partial charge >= 0.3 is 5.97 Å². The van der Waals surface area contributed by atoms with Gasteiger partial charge in [-0.2, -0.15) is 0 Å². The molecule has 2 heterocycles. The first-order valence-electron chi connectivity index (χ1n) is 11.3. The van der Waals surface area contributed by atoms with E-state index in [1.165, 1.54) is 28.8 Å². The quantitative estimate of drug-likeness (QED) is 0.373. The van der Waals surface area contributed by atoms with Crippen molar-refractivity contribution in [3.63, 3.8) is 0 Å². The van der Waals surface area contributed by atoms with Gasteiger partial charge in [-0.05, 0) is 55.2 Å². The van der Waals surface area contributed by atoms with E-state index in [1.807, 2.05) is 18.3 Å². The number of halogens is 1. The summed E-state index contributed by atoms with van der Waals surface area (Å²) in [6.45, 7) is 4.96. The summed E-state index contributed by atoms with van der Waals surface area (Å²) in [6.07, 6.45) is 3.34. The van der Waals surface area contributed by atoms with Crippen LogP contribution in [0.25, 0.3) is 27.8 Å². The Hall–Kier alpha value is -3.88. The second kappa shape index (κ2) is 9.94. The maximum atomic E-state index is 13.5. The van der Waals surface area contributed by atoms with Crippen LogP contribution in [0.15, 0.2) is 53.5 Å². The Morgan fingerprint density at radius 2 is 1.88 bits per heavy atom. The number of hydrogen-bond donors (Lipinski definition) is 1. The largest absolute Gasteiger partial charge is 0.481 e. The average Bonchev–Trinajstić information content (AvgIpc) is 3.25. The highest BCUT2D eigenvalue weighted by Crippen LogP contribution is 2.22. The summed E-state index contributed by atoms with van der Waals surface area (Å²) in [6, 6.07) is 11.0. The van der Waals surface area contributed by atoms with Crippen molar-refractivity contribution in [2.45, 2.75) is 46.1 Å². The molecule has 0 fully saturated rings. The molecule has 0 spiro atoms. The van der Waals surface area contributed by atoms with Gasteiger partial charge in [-0.15, -0.1) is 5.10 Å². The molecular formula is C25H26FN5O3. The molecule has 176 valence electrons. The van der Waals surface area contributed by atoms with Crippen molar-refractivity contribution in [3.05, 3.63) is 70.7 Å². The number of carbonyl (C=O) groups is 1. The smallest absolute Gasteiger partial charge is 0.303 e. The Morgan fingerprint density at radius 3 is 2.59 bits per heavy atom. The molecule has 4 aromatic rings. The lowest BCUT2D eigenvalue weighted by molar-refractivity contribution is -0.137. The number of nitrogens with zero attached hydrogens (tertiary/aromatic N) is 5. The third-order valence-corrected chi connectivity index (χ3v) is 5.45. The summed E-state index contributed by atoms with van der Waals surface area (Å²) < 4.78 is 16.7. The van der Waals surface area contributed by atoms with Gasteiger partial charge in [0.2, 0.25) is 0 Å². The van der Waals surface area contributed by atoms with E-state index >= 15 is 0 Å². The molecule has 4 rings (SSSR count). The third-order valence-electron chi connectivity index (χ3n) is 5.45. The van der Waals surface area contributed by atoms with Crippen molar-refractivity contribution in [1.82, 2.24) is 24.5 Å². The van der Waals surface area contributed by atoms with E-state index in [0.29, 0.717) is 53.3 Å². The van der Waals surface area contributed by atoms with E-state index in [0.717, 1.165) is 12.1 Å². The normalized spacial score (nSPS) is 11.4. The Balaban J connectivity index is 1.76. The molecule has 0 radical (unpaired) electrons. The van der Waals surface area contributed by atoms with Gasteiger partial charge in [0.05, 0.1) is 22.8 Å². The summed E-state index contributed by atoms with van der Waals surface area (Å²) in [4.78, 5) is 29.1. The highest BCUT2D eigenvalue weighted by atomic mass is 19.1. The number of rotatable bonds is 9. The van der Waals surface area contributed by atoms with Gasteiger partial charge in [-0.1, -0.05) is 25.1 Å². The first-order chi connectivity index (χ1) is 16.3. The molecule has 2 aromatic carbocycles. The fourth-order valence-electron chi connectivity index (χ4n) is 3.87. The lowest BCUT2D eigenvalue weighted by Gasteiger charge is -2.14. The molecule has 2 aromatic heterocycles. The van der Waals surface area contributed by atoms with E-state index in [1.54, 1.807) is 10.7 Å². The van der Waals surface area contributed by atoms with Gasteiger partial charge in [-0.25, -0.2) is 9.37 Å². The van der Waals surface area contributed by atoms with Crippen LogP contribution in [0.4, 0.5) is 4.39 Å². The van der Waals surface area contributed by atoms with Gasteiger partial charge in [0.25, 0.3) is 5.56 Å². The highest BCUT2D eigenvalue weighted by molar-refractivity contribution is 5.83. The van der Waals surface area contributed by atoms with Crippen molar-refractivity contribution < 1.29 is 14.3 Å². The molecule has 1 N–H and O–H groups in total. The lowest BCUT2D eigenvalue weighted by atomic mass is 10.1. The molecule has 34 heavy (non-hydrogen) atoms. The minimum atomic E-state index is -0.863. The molecule has 0 aliphatic heterocycles. The summed E-state index contributed by atoms with van der Waals surface area (Å²) in [7, 11) is 0. The van der Waals surface area contributed by atoms with Gasteiger partial charge in [0, 0.05) is 24.9 Å². The second-order valence-electron chi connectivity index (χ2n) is 8.70. The van der Waals surface area contributed by atoms with Crippen LogP contribution in [0.3, 0.4) is 0 Å². The van der Waals surface area contributed by atoms with Gasteiger partial charge in [0.15, 0.2) is 0 Å². The van der Waals surface area contributed by atoms with Crippen LogP contribution in [0.2, 0.25) is 0 Å². The molecule has 8 nitrogen and oxygen atoms in total. The molecule has 0 unspecified atom stereocenters. The number of carboxylic acid groups (broad SMARTS) is 1. The molecule has 0 saturated carbocycles.